The first kappa shape index (κ1) is 19.8. The summed E-state index contributed by atoms with van der Waals surface area (Å²) in [7, 11) is 0. The zero-order chi connectivity index (χ0) is 21.2. The van der Waals surface area contributed by atoms with Crippen molar-refractivity contribution in [2.24, 2.45) is 5.92 Å². The molecule has 0 radical (unpaired) electrons. The molecule has 0 saturated carbocycles. The summed E-state index contributed by atoms with van der Waals surface area (Å²) in [6.07, 6.45) is 6.13. The SMILES string of the molecule is [C-]#[N+]C[C@@H]1CCCN(c2ncnc3c2CCCN(c2cccc4cccc(C)c24)C3)C1. The van der Waals surface area contributed by atoms with Gasteiger partial charge in [-0.2, -0.15) is 0 Å². The van der Waals surface area contributed by atoms with Crippen LogP contribution in [0.15, 0.2) is 42.7 Å². The number of hydrogen-bond donors (Lipinski definition) is 0. The maximum Gasteiger partial charge on any atom is 0.219 e. The van der Waals surface area contributed by atoms with Crippen molar-refractivity contribution in [2.75, 3.05) is 36.0 Å². The van der Waals surface area contributed by atoms with Crippen LogP contribution in [0.4, 0.5) is 11.5 Å². The lowest BCUT2D eigenvalue weighted by Crippen LogP contribution is -2.37. The minimum Gasteiger partial charge on any atom is -0.365 e. The third-order valence-electron chi connectivity index (χ3n) is 6.81. The molecule has 3 heterocycles. The van der Waals surface area contributed by atoms with E-state index in [2.05, 4.69) is 58.0 Å². The van der Waals surface area contributed by atoms with Gasteiger partial charge in [-0.15, -0.1) is 0 Å². The van der Waals surface area contributed by atoms with Gasteiger partial charge in [-0.25, -0.2) is 16.5 Å². The minimum absolute atomic E-state index is 0.456. The number of rotatable bonds is 3. The van der Waals surface area contributed by atoms with Crippen LogP contribution in [0.5, 0.6) is 0 Å². The van der Waals surface area contributed by atoms with E-state index in [9.17, 15) is 0 Å². The van der Waals surface area contributed by atoms with Crippen LogP contribution in [-0.2, 0) is 13.0 Å². The number of anilines is 2. The first-order valence-corrected chi connectivity index (χ1v) is 11.4. The van der Waals surface area contributed by atoms with Crippen molar-refractivity contribution < 1.29 is 0 Å². The molecule has 158 valence electrons. The van der Waals surface area contributed by atoms with Gasteiger partial charge in [-0.3, -0.25) is 0 Å². The van der Waals surface area contributed by atoms with Crippen molar-refractivity contribution in [1.29, 1.82) is 0 Å². The Kier molecular flexibility index (Phi) is 5.46. The summed E-state index contributed by atoms with van der Waals surface area (Å²) < 4.78 is 0. The predicted molar refractivity (Wildman–Crippen MR) is 126 cm³/mol. The topological polar surface area (TPSA) is 36.6 Å². The van der Waals surface area contributed by atoms with Gasteiger partial charge in [0.25, 0.3) is 0 Å². The summed E-state index contributed by atoms with van der Waals surface area (Å²) >= 11 is 0. The Morgan fingerprint density at radius 2 is 1.90 bits per heavy atom. The number of aryl methyl sites for hydroxylation is 1. The van der Waals surface area contributed by atoms with Crippen LogP contribution in [0.25, 0.3) is 15.6 Å². The van der Waals surface area contributed by atoms with Crippen LogP contribution in [0.2, 0.25) is 0 Å². The smallest absolute Gasteiger partial charge is 0.219 e. The van der Waals surface area contributed by atoms with Crippen LogP contribution in [0.3, 0.4) is 0 Å². The summed E-state index contributed by atoms with van der Waals surface area (Å²) in [5, 5.41) is 2.64. The third kappa shape index (κ3) is 3.83. The van der Waals surface area contributed by atoms with Crippen molar-refractivity contribution in [2.45, 2.75) is 39.2 Å². The lowest BCUT2D eigenvalue weighted by atomic mass is 9.97. The predicted octanol–water partition coefficient (Wildman–Crippen LogP) is 5.03. The molecule has 0 amide bonds. The second kappa shape index (κ2) is 8.55. The number of piperidine rings is 1. The van der Waals surface area contributed by atoms with Crippen LogP contribution in [-0.4, -0.2) is 36.1 Å². The Labute approximate surface area is 184 Å². The van der Waals surface area contributed by atoms with Gasteiger partial charge in [0.2, 0.25) is 6.54 Å². The summed E-state index contributed by atoms with van der Waals surface area (Å²) in [6.45, 7) is 13.9. The Morgan fingerprint density at radius 1 is 1.06 bits per heavy atom. The van der Waals surface area contributed by atoms with Crippen LogP contribution in [0, 0.1) is 19.4 Å². The average Bonchev–Trinajstić information content (AvgIpc) is 3.02. The average molecular weight is 412 g/mol. The number of hydrogen-bond acceptors (Lipinski definition) is 4. The fourth-order valence-corrected chi connectivity index (χ4v) is 5.32. The Bertz CT molecular complexity index is 1130. The highest BCUT2D eigenvalue weighted by Crippen LogP contribution is 2.34. The van der Waals surface area contributed by atoms with Gasteiger partial charge in [0.15, 0.2) is 0 Å². The van der Waals surface area contributed by atoms with E-state index in [4.69, 9.17) is 16.5 Å². The third-order valence-corrected chi connectivity index (χ3v) is 6.81. The van der Waals surface area contributed by atoms with E-state index in [0.29, 0.717) is 12.5 Å². The molecule has 1 fully saturated rings. The molecule has 2 aliphatic rings. The number of aromatic nitrogens is 2. The van der Waals surface area contributed by atoms with Gasteiger partial charge in [0, 0.05) is 42.2 Å². The van der Waals surface area contributed by atoms with E-state index in [1.807, 2.05) is 0 Å². The monoisotopic (exact) mass is 411 g/mol. The second-order valence-corrected chi connectivity index (χ2v) is 8.89. The molecule has 5 heteroatoms. The molecular formula is C26H29N5. The fraction of sp³-hybridized carbons (Fsp3) is 0.423. The zero-order valence-electron chi connectivity index (χ0n) is 18.2. The Hall–Kier alpha value is -3.13. The first-order valence-electron chi connectivity index (χ1n) is 11.4. The zero-order valence-corrected chi connectivity index (χ0v) is 18.2. The summed E-state index contributed by atoms with van der Waals surface area (Å²) in [4.78, 5) is 18.0. The van der Waals surface area contributed by atoms with Gasteiger partial charge in [-0.05, 0) is 49.6 Å². The molecule has 3 aromatic rings. The molecule has 1 saturated heterocycles. The summed E-state index contributed by atoms with van der Waals surface area (Å²) in [6, 6.07) is 13.2. The molecule has 2 aliphatic heterocycles. The molecule has 5 rings (SSSR count). The summed E-state index contributed by atoms with van der Waals surface area (Å²) in [5.74, 6) is 1.56. The molecule has 0 aliphatic carbocycles. The molecule has 31 heavy (non-hydrogen) atoms. The highest BCUT2D eigenvalue weighted by molar-refractivity contribution is 5.96. The molecule has 2 aromatic carbocycles. The molecule has 5 nitrogen and oxygen atoms in total. The minimum atomic E-state index is 0.456. The Morgan fingerprint density at radius 3 is 2.77 bits per heavy atom. The first-order chi connectivity index (χ1) is 15.2. The lowest BCUT2D eigenvalue weighted by Gasteiger charge is -2.33. The standard InChI is InChI=1S/C26H29N5/c1-19-7-3-9-21-10-4-12-24(25(19)21)30-13-6-11-22-23(17-30)28-18-29-26(22)31-14-5-8-20(16-31)15-27-2/h3-4,7,9-10,12,18,20H,5-6,8,11,13-17H2,1H3/t20-/m0/s1. The maximum atomic E-state index is 7.24. The normalized spacial score (nSPS) is 19.0. The summed E-state index contributed by atoms with van der Waals surface area (Å²) in [5.41, 5.74) is 5.09. The van der Waals surface area contributed by atoms with E-state index in [0.717, 1.165) is 63.4 Å². The molecule has 0 bridgehead atoms. The van der Waals surface area contributed by atoms with Crippen LogP contribution < -0.4 is 9.80 Å². The van der Waals surface area contributed by atoms with Gasteiger partial charge >= 0.3 is 0 Å². The van der Waals surface area contributed by atoms with E-state index < -0.39 is 0 Å². The lowest BCUT2D eigenvalue weighted by molar-refractivity contribution is 0.436. The van der Waals surface area contributed by atoms with Gasteiger partial charge in [-0.1, -0.05) is 30.3 Å². The highest BCUT2D eigenvalue weighted by Gasteiger charge is 2.27. The van der Waals surface area contributed by atoms with E-state index in [1.54, 1.807) is 6.33 Å². The molecule has 1 aromatic heterocycles. The largest absolute Gasteiger partial charge is 0.365 e. The van der Waals surface area contributed by atoms with Crippen molar-refractivity contribution in [3.8, 4) is 0 Å². The van der Waals surface area contributed by atoms with Crippen molar-refractivity contribution in [3.05, 3.63) is 71.0 Å². The second-order valence-electron chi connectivity index (χ2n) is 8.89. The van der Waals surface area contributed by atoms with Gasteiger partial charge in [0.1, 0.15) is 12.1 Å². The van der Waals surface area contributed by atoms with Crippen LogP contribution in [0.1, 0.15) is 36.1 Å². The van der Waals surface area contributed by atoms with E-state index in [1.165, 1.54) is 27.6 Å². The van der Waals surface area contributed by atoms with Crippen molar-refractivity contribution >= 4 is 22.3 Å². The quantitative estimate of drug-likeness (QED) is 0.567. The number of fused-ring (bicyclic) bond motifs is 2. The molecule has 0 unspecified atom stereocenters. The Balaban J connectivity index is 1.48. The number of nitrogens with zero attached hydrogens (tertiary/aromatic N) is 5. The highest BCUT2D eigenvalue weighted by atomic mass is 15.2. The number of benzene rings is 2. The van der Waals surface area contributed by atoms with Gasteiger partial charge in [0.05, 0.1) is 12.2 Å². The molecular weight excluding hydrogens is 382 g/mol. The molecule has 0 spiro atoms. The molecule has 1 atom stereocenters. The van der Waals surface area contributed by atoms with Crippen LogP contribution >= 0.6 is 0 Å². The molecule has 0 N–H and O–H groups in total. The van der Waals surface area contributed by atoms with Crippen molar-refractivity contribution in [3.63, 3.8) is 0 Å². The van der Waals surface area contributed by atoms with Gasteiger partial charge < -0.3 is 14.6 Å². The van der Waals surface area contributed by atoms with Crippen molar-refractivity contribution in [1.82, 2.24) is 9.97 Å². The maximum absolute atomic E-state index is 7.24. The van der Waals surface area contributed by atoms with E-state index >= 15 is 0 Å². The van der Waals surface area contributed by atoms with E-state index in [-0.39, 0.29) is 0 Å². The fourth-order valence-electron chi connectivity index (χ4n) is 5.32.